The van der Waals surface area contributed by atoms with Crippen molar-refractivity contribution in [1.29, 1.82) is 0 Å². The van der Waals surface area contributed by atoms with Crippen LogP contribution in [0.15, 0.2) is 91.0 Å². The Balaban J connectivity index is 1.46. The van der Waals surface area contributed by atoms with Crippen LogP contribution in [0.2, 0.25) is 0 Å². The number of aliphatic hydroxyl groups excluding tert-OH is 1. The van der Waals surface area contributed by atoms with E-state index in [4.69, 9.17) is 9.47 Å². The lowest BCUT2D eigenvalue weighted by atomic mass is 9.88. The highest BCUT2D eigenvalue weighted by Crippen LogP contribution is 2.43. The minimum atomic E-state index is -1.07. The third kappa shape index (κ3) is 6.72. The summed E-state index contributed by atoms with van der Waals surface area (Å²) in [7, 11) is 0. The zero-order valence-electron chi connectivity index (χ0n) is 22.8. The molecule has 8 heteroatoms. The van der Waals surface area contributed by atoms with E-state index in [2.05, 4.69) is 0 Å². The van der Waals surface area contributed by atoms with Crippen LogP contribution >= 0.6 is 0 Å². The number of carbonyl (C=O) groups is 2. The van der Waals surface area contributed by atoms with Crippen molar-refractivity contribution in [2.45, 2.75) is 50.2 Å². The summed E-state index contributed by atoms with van der Waals surface area (Å²) in [6.07, 6.45) is -0.505. The maximum Gasteiger partial charge on any atom is 0.311 e. The van der Waals surface area contributed by atoms with Gasteiger partial charge in [-0.1, -0.05) is 66.7 Å². The Morgan fingerprint density at radius 1 is 0.857 bits per heavy atom. The van der Waals surface area contributed by atoms with Crippen LogP contribution in [0.1, 0.15) is 52.7 Å². The third-order valence-corrected chi connectivity index (χ3v) is 7.48. The number of fused-ring (bicyclic) bond motifs is 1. The standard InChI is InChI=1S/C34H32O8/c35-27-15-13-23(17-28(27)36)33-29(37)20-26-30(41-32(38)16-12-22-9-5-2-6-10-22)18-24(19-31(26)42-33)25(34(39)40)14-11-21-7-3-1-4-8-21/h1-10,13,15,17-19,25,29,33,35-37H,11-12,14,16,20H2,(H,39,40)/t25?,29-,33?/m0/s1. The highest BCUT2D eigenvalue weighted by Gasteiger charge is 2.34. The molecule has 0 fully saturated rings. The number of aryl methyl sites for hydroxylation is 2. The summed E-state index contributed by atoms with van der Waals surface area (Å²) >= 11 is 0. The molecule has 0 aliphatic carbocycles. The SMILES string of the molecule is O=C(CCc1ccccc1)Oc1cc(C(CCc2ccccc2)C(=O)O)cc2c1C[C@H](O)C(c1ccc(O)c(O)c1)O2. The van der Waals surface area contributed by atoms with E-state index in [0.29, 0.717) is 36.0 Å². The van der Waals surface area contributed by atoms with Gasteiger partial charge in [0.15, 0.2) is 11.5 Å². The van der Waals surface area contributed by atoms with Crippen LogP contribution in [-0.4, -0.2) is 38.5 Å². The average molecular weight is 569 g/mol. The number of esters is 1. The van der Waals surface area contributed by atoms with E-state index in [0.717, 1.165) is 11.1 Å². The van der Waals surface area contributed by atoms with Crippen LogP contribution in [-0.2, 0) is 28.9 Å². The van der Waals surface area contributed by atoms with Gasteiger partial charge in [-0.15, -0.1) is 0 Å². The number of carbonyl (C=O) groups excluding carboxylic acids is 1. The maximum absolute atomic E-state index is 12.9. The molecule has 1 aliphatic heterocycles. The number of rotatable bonds is 10. The predicted octanol–water partition coefficient (Wildman–Crippen LogP) is 5.47. The van der Waals surface area contributed by atoms with Gasteiger partial charge < -0.3 is 29.9 Å². The van der Waals surface area contributed by atoms with E-state index in [1.54, 1.807) is 12.1 Å². The molecule has 1 heterocycles. The van der Waals surface area contributed by atoms with Gasteiger partial charge in [0.1, 0.15) is 17.6 Å². The summed E-state index contributed by atoms with van der Waals surface area (Å²) in [4.78, 5) is 25.4. The molecule has 0 aromatic heterocycles. The molecule has 0 saturated carbocycles. The molecule has 5 rings (SSSR count). The molecule has 0 spiro atoms. The number of phenols is 2. The zero-order valence-corrected chi connectivity index (χ0v) is 22.8. The Hall–Kier alpha value is -4.82. The first-order valence-corrected chi connectivity index (χ1v) is 13.8. The highest BCUT2D eigenvalue weighted by atomic mass is 16.5. The van der Waals surface area contributed by atoms with Crippen LogP contribution < -0.4 is 9.47 Å². The van der Waals surface area contributed by atoms with Crippen LogP contribution in [0.25, 0.3) is 0 Å². The third-order valence-electron chi connectivity index (χ3n) is 7.48. The van der Waals surface area contributed by atoms with E-state index >= 15 is 0 Å². The molecule has 4 aromatic carbocycles. The number of ether oxygens (including phenoxy) is 2. The normalized spacial score (nSPS) is 16.6. The molecule has 8 nitrogen and oxygen atoms in total. The largest absolute Gasteiger partial charge is 0.504 e. The molecule has 0 bridgehead atoms. The van der Waals surface area contributed by atoms with Crippen molar-refractivity contribution in [3.05, 3.63) is 119 Å². The minimum absolute atomic E-state index is 0.0605. The van der Waals surface area contributed by atoms with Crippen molar-refractivity contribution < 1.29 is 39.5 Å². The summed E-state index contributed by atoms with van der Waals surface area (Å²) < 4.78 is 12.0. The van der Waals surface area contributed by atoms with Gasteiger partial charge in [0.2, 0.25) is 0 Å². The van der Waals surface area contributed by atoms with Gasteiger partial charge in [-0.25, -0.2) is 0 Å². The van der Waals surface area contributed by atoms with Gasteiger partial charge in [0.25, 0.3) is 0 Å². The fourth-order valence-corrected chi connectivity index (χ4v) is 5.23. The lowest BCUT2D eigenvalue weighted by Crippen LogP contribution is -2.31. The second-order valence-corrected chi connectivity index (χ2v) is 10.4. The number of hydrogen-bond acceptors (Lipinski definition) is 7. The Morgan fingerprint density at radius 2 is 1.52 bits per heavy atom. The molecule has 3 atom stereocenters. The van der Waals surface area contributed by atoms with Gasteiger partial charge >= 0.3 is 11.9 Å². The monoisotopic (exact) mass is 568 g/mol. The molecule has 1 aliphatic rings. The highest BCUT2D eigenvalue weighted by molar-refractivity contribution is 5.78. The first-order chi connectivity index (χ1) is 20.3. The summed E-state index contributed by atoms with van der Waals surface area (Å²) in [6.45, 7) is 0. The molecule has 0 radical (unpaired) electrons. The Bertz CT molecular complexity index is 1550. The number of carboxylic acid groups (broad SMARTS) is 1. The second-order valence-electron chi connectivity index (χ2n) is 10.4. The number of carboxylic acids is 1. The molecule has 216 valence electrons. The Morgan fingerprint density at radius 3 is 2.17 bits per heavy atom. The van der Waals surface area contributed by atoms with Crippen LogP contribution in [0.5, 0.6) is 23.0 Å². The van der Waals surface area contributed by atoms with E-state index in [-0.39, 0.29) is 35.8 Å². The van der Waals surface area contributed by atoms with Crippen molar-refractivity contribution >= 4 is 11.9 Å². The van der Waals surface area contributed by atoms with Crippen molar-refractivity contribution in [3.63, 3.8) is 0 Å². The molecule has 0 amide bonds. The van der Waals surface area contributed by atoms with Gasteiger partial charge in [0, 0.05) is 18.4 Å². The van der Waals surface area contributed by atoms with Gasteiger partial charge in [-0.3, -0.25) is 9.59 Å². The average Bonchev–Trinajstić information content (AvgIpc) is 2.98. The van der Waals surface area contributed by atoms with Gasteiger partial charge in [-0.2, -0.15) is 0 Å². The smallest absolute Gasteiger partial charge is 0.311 e. The summed E-state index contributed by atoms with van der Waals surface area (Å²) in [5, 5.41) is 40.9. The van der Waals surface area contributed by atoms with E-state index in [1.165, 1.54) is 18.2 Å². The summed E-state index contributed by atoms with van der Waals surface area (Å²) in [5.74, 6) is -2.66. The number of aliphatic hydroxyl groups is 1. The van der Waals surface area contributed by atoms with Crippen molar-refractivity contribution in [2.24, 2.45) is 0 Å². The van der Waals surface area contributed by atoms with Crippen molar-refractivity contribution in [3.8, 4) is 23.0 Å². The van der Waals surface area contributed by atoms with E-state index in [9.17, 15) is 30.0 Å². The summed E-state index contributed by atoms with van der Waals surface area (Å²) in [5.41, 5.74) is 3.27. The second kappa shape index (κ2) is 12.8. The number of aromatic hydroxyl groups is 2. The number of phenolic OH excluding ortho intramolecular Hbond substituents is 2. The predicted molar refractivity (Wildman–Crippen MR) is 155 cm³/mol. The van der Waals surface area contributed by atoms with E-state index in [1.807, 2.05) is 60.7 Å². The van der Waals surface area contributed by atoms with Crippen LogP contribution in [0.3, 0.4) is 0 Å². The fourth-order valence-electron chi connectivity index (χ4n) is 5.23. The molecular formula is C34H32O8. The molecule has 0 saturated heterocycles. The number of aliphatic carboxylic acids is 1. The first kappa shape index (κ1) is 28.7. The lowest BCUT2D eigenvalue weighted by molar-refractivity contribution is -0.139. The molecule has 4 aromatic rings. The quantitative estimate of drug-likeness (QED) is 0.112. The molecular weight excluding hydrogens is 536 g/mol. The summed E-state index contributed by atoms with van der Waals surface area (Å²) in [6, 6.07) is 26.4. The topological polar surface area (TPSA) is 134 Å². The molecule has 4 N–H and O–H groups in total. The number of benzene rings is 4. The fraction of sp³-hybridized carbons (Fsp3) is 0.235. The molecule has 42 heavy (non-hydrogen) atoms. The number of hydrogen-bond donors (Lipinski definition) is 4. The minimum Gasteiger partial charge on any atom is -0.504 e. The van der Waals surface area contributed by atoms with Crippen molar-refractivity contribution in [2.75, 3.05) is 0 Å². The van der Waals surface area contributed by atoms with Gasteiger partial charge in [0.05, 0.1) is 12.0 Å². The van der Waals surface area contributed by atoms with Crippen LogP contribution in [0.4, 0.5) is 0 Å². The maximum atomic E-state index is 12.9. The van der Waals surface area contributed by atoms with Gasteiger partial charge in [-0.05, 0) is 65.8 Å². The zero-order chi connectivity index (χ0) is 29.6. The molecule has 2 unspecified atom stereocenters. The Kier molecular flexibility index (Phi) is 8.74. The van der Waals surface area contributed by atoms with E-state index < -0.39 is 30.1 Å². The van der Waals surface area contributed by atoms with Crippen LogP contribution in [0, 0.1) is 0 Å². The van der Waals surface area contributed by atoms with Crippen molar-refractivity contribution in [1.82, 2.24) is 0 Å². The lowest BCUT2D eigenvalue weighted by Gasteiger charge is -2.32. The first-order valence-electron chi connectivity index (χ1n) is 13.8. The Labute approximate surface area is 243 Å².